The lowest BCUT2D eigenvalue weighted by molar-refractivity contribution is 0.849. The van der Waals surface area contributed by atoms with Crippen LogP contribution in [0.3, 0.4) is 0 Å². The Hall–Kier alpha value is -0.0800. The van der Waals surface area contributed by atoms with E-state index in [9.17, 15) is 0 Å². The molecule has 0 saturated heterocycles. The number of hydrogen-bond donors (Lipinski definition) is 2. The van der Waals surface area contributed by atoms with Gasteiger partial charge in [-0.2, -0.15) is 25.3 Å². The van der Waals surface area contributed by atoms with Gasteiger partial charge in [0.2, 0.25) is 0 Å². The van der Waals surface area contributed by atoms with Crippen molar-refractivity contribution in [3.8, 4) is 0 Å². The van der Waals surface area contributed by atoms with E-state index < -0.39 is 0 Å². The van der Waals surface area contributed by atoms with Crippen molar-refractivity contribution in [1.82, 2.24) is 0 Å². The Balaban J connectivity index is 2.56. The SMILES string of the molecule is SC1(S)CCc2ccccc21. The van der Waals surface area contributed by atoms with E-state index in [-0.39, 0.29) is 4.08 Å². The van der Waals surface area contributed by atoms with E-state index in [1.165, 1.54) is 11.1 Å². The number of hydrogen-bond acceptors (Lipinski definition) is 2. The van der Waals surface area contributed by atoms with Gasteiger partial charge in [0.1, 0.15) is 0 Å². The van der Waals surface area contributed by atoms with Gasteiger partial charge in [0.15, 0.2) is 0 Å². The van der Waals surface area contributed by atoms with Crippen LogP contribution in [0.15, 0.2) is 24.3 Å². The Labute approximate surface area is 77.8 Å². The molecule has 0 nitrogen and oxygen atoms in total. The highest BCUT2D eigenvalue weighted by Crippen LogP contribution is 2.44. The monoisotopic (exact) mass is 182 g/mol. The van der Waals surface area contributed by atoms with Crippen molar-refractivity contribution in [2.75, 3.05) is 0 Å². The predicted octanol–water partition coefficient (Wildman–Crippen LogP) is 2.65. The van der Waals surface area contributed by atoms with Gasteiger partial charge in [-0.05, 0) is 24.0 Å². The van der Waals surface area contributed by atoms with Crippen LogP contribution >= 0.6 is 25.3 Å². The first kappa shape index (κ1) is 7.56. The summed E-state index contributed by atoms with van der Waals surface area (Å²) < 4.78 is -0.184. The second kappa shape index (κ2) is 2.46. The molecule has 0 N–H and O–H groups in total. The number of benzene rings is 1. The summed E-state index contributed by atoms with van der Waals surface area (Å²) in [6.07, 6.45) is 2.15. The zero-order valence-electron chi connectivity index (χ0n) is 6.12. The minimum atomic E-state index is -0.184. The van der Waals surface area contributed by atoms with Gasteiger partial charge in [-0.25, -0.2) is 0 Å². The summed E-state index contributed by atoms with van der Waals surface area (Å²) >= 11 is 8.98. The van der Waals surface area contributed by atoms with E-state index in [0.29, 0.717) is 0 Å². The molecule has 2 heteroatoms. The van der Waals surface area contributed by atoms with Crippen molar-refractivity contribution >= 4 is 25.3 Å². The number of rotatable bonds is 0. The van der Waals surface area contributed by atoms with Crippen LogP contribution in [-0.4, -0.2) is 0 Å². The highest BCUT2D eigenvalue weighted by atomic mass is 32.2. The summed E-state index contributed by atoms with van der Waals surface area (Å²) in [5.74, 6) is 0. The van der Waals surface area contributed by atoms with E-state index in [2.05, 4.69) is 43.5 Å². The van der Waals surface area contributed by atoms with E-state index in [4.69, 9.17) is 0 Å². The lowest BCUT2D eigenvalue weighted by Crippen LogP contribution is -2.03. The van der Waals surface area contributed by atoms with Crippen molar-refractivity contribution in [1.29, 1.82) is 0 Å². The zero-order valence-corrected chi connectivity index (χ0v) is 7.91. The van der Waals surface area contributed by atoms with Crippen molar-refractivity contribution in [3.63, 3.8) is 0 Å². The molecule has 1 aromatic carbocycles. The van der Waals surface area contributed by atoms with Crippen LogP contribution in [0.5, 0.6) is 0 Å². The summed E-state index contributed by atoms with van der Waals surface area (Å²) in [6.45, 7) is 0. The van der Waals surface area contributed by atoms with Crippen LogP contribution in [0.1, 0.15) is 17.5 Å². The molecule has 11 heavy (non-hydrogen) atoms. The van der Waals surface area contributed by atoms with Crippen molar-refractivity contribution < 1.29 is 0 Å². The van der Waals surface area contributed by atoms with Crippen LogP contribution in [0.4, 0.5) is 0 Å². The van der Waals surface area contributed by atoms with Crippen LogP contribution in [0, 0.1) is 0 Å². The van der Waals surface area contributed by atoms with Crippen molar-refractivity contribution in [2.24, 2.45) is 0 Å². The summed E-state index contributed by atoms with van der Waals surface area (Å²) in [5.41, 5.74) is 2.68. The average Bonchev–Trinajstić information content (AvgIpc) is 2.29. The fraction of sp³-hybridized carbons (Fsp3) is 0.333. The van der Waals surface area contributed by atoms with Gasteiger partial charge >= 0.3 is 0 Å². The molecule has 0 amide bonds. The maximum atomic E-state index is 4.49. The quantitative estimate of drug-likeness (QED) is 0.447. The first-order valence-corrected chi connectivity index (χ1v) is 4.63. The van der Waals surface area contributed by atoms with Gasteiger partial charge in [0.25, 0.3) is 0 Å². The molecular weight excluding hydrogens is 172 g/mol. The lowest BCUT2D eigenvalue weighted by Gasteiger charge is -2.15. The van der Waals surface area contributed by atoms with Gasteiger partial charge < -0.3 is 0 Å². The summed E-state index contributed by atoms with van der Waals surface area (Å²) in [4.78, 5) is 0. The van der Waals surface area contributed by atoms with Crippen LogP contribution in [0.25, 0.3) is 0 Å². The van der Waals surface area contributed by atoms with E-state index in [0.717, 1.165) is 12.8 Å². The maximum Gasteiger partial charge on any atom is 0.0808 e. The molecule has 0 fully saturated rings. The highest BCUT2D eigenvalue weighted by molar-refractivity contribution is 7.99. The molecule has 0 saturated carbocycles. The second-order valence-corrected chi connectivity index (χ2v) is 4.85. The van der Waals surface area contributed by atoms with E-state index in [1.54, 1.807) is 0 Å². The normalized spacial score (nSPS) is 19.8. The minimum Gasteiger partial charge on any atom is -0.157 e. The molecule has 2 rings (SSSR count). The Bertz CT molecular complexity index is 279. The predicted molar refractivity (Wildman–Crippen MR) is 54.4 cm³/mol. The molecule has 0 spiro atoms. The molecule has 1 aliphatic rings. The summed E-state index contributed by atoms with van der Waals surface area (Å²) in [6, 6.07) is 8.39. The third-order valence-electron chi connectivity index (χ3n) is 2.19. The third-order valence-corrected chi connectivity index (χ3v) is 3.12. The Morgan fingerprint density at radius 1 is 1.18 bits per heavy atom. The molecule has 1 aromatic rings. The van der Waals surface area contributed by atoms with E-state index in [1.807, 2.05) is 6.07 Å². The standard InChI is InChI=1S/C9H10S2/c10-9(11)6-5-7-3-1-2-4-8(7)9/h1-4,10-11H,5-6H2. The van der Waals surface area contributed by atoms with Crippen LogP contribution < -0.4 is 0 Å². The molecule has 58 valence electrons. The van der Waals surface area contributed by atoms with Crippen LogP contribution in [0.2, 0.25) is 0 Å². The smallest absolute Gasteiger partial charge is 0.0808 e. The Morgan fingerprint density at radius 2 is 1.91 bits per heavy atom. The number of fused-ring (bicyclic) bond motifs is 1. The topological polar surface area (TPSA) is 0 Å². The lowest BCUT2D eigenvalue weighted by atomic mass is 10.1. The largest absolute Gasteiger partial charge is 0.157 e. The molecule has 0 aliphatic heterocycles. The Morgan fingerprint density at radius 3 is 2.64 bits per heavy atom. The molecule has 0 heterocycles. The first-order chi connectivity index (χ1) is 5.20. The second-order valence-electron chi connectivity index (χ2n) is 2.97. The molecule has 1 aliphatic carbocycles. The number of aryl methyl sites for hydroxylation is 1. The van der Waals surface area contributed by atoms with Gasteiger partial charge in [-0.1, -0.05) is 24.3 Å². The zero-order chi connectivity index (χ0) is 7.90. The van der Waals surface area contributed by atoms with Gasteiger partial charge in [-0.3, -0.25) is 0 Å². The van der Waals surface area contributed by atoms with Gasteiger partial charge in [-0.15, -0.1) is 0 Å². The Kier molecular flexibility index (Phi) is 1.69. The van der Waals surface area contributed by atoms with Gasteiger partial charge in [0.05, 0.1) is 4.08 Å². The van der Waals surface area contributed by atoms with Crippen LogP contribution in [-0.2, 0) is 10.5 Å². The van der Waals surface area contributed by atoms with Crippen molar-refractivity contribution in [3.05, 3.63) is 35.4 Å². The van der Waals surface area contributed by atoms with Gasteiger partial charge in [0, 0.05) is 0 Å². The highest BCUT2D eigenvalue weighted by Gasteiger charge is 2.30. The number of thiol groups is 2. The fourth-order valence-electron chi connectivity index (χ4n) is 1.57. The first-order valence-electron chi connectivity index (χ1n) is 3.73. The maximum absolute atomic E-state index is 4.49. The molecule has 0 aromatic heterocycles. The van der Waals surface area contributed by atoms with E-state index >= 15 is 0 Å². The summed E-state index contributed by atoms with van der Waals surface area (Å²) in [5, 5.41) is 0. The molecular formula is C9H10S2. The fourth-order valence-corrected chi connectivity index (χ4v) is 2.23. The summed E-state index contributed by atoms with van der Waals surface area (Å²) in [7, 11) is 0. The third kappa shape index (κ3) is 1.18. The average molecular weight is 182 g/mol. The molecule has 0 unspecified atom stereocenters. The molecule has 0 atom stereocenters. The molecule has 0 radical (unpaired) electrons. The molecule has 0 bridgehead atoms. The van der Waals surface area contributed by atoms with Crippen molar-refractivity contribution in [2.45, 2.75) is 16.9 Å². The minimum absolute atomic E-state index is 0.184.